The van der Waals surface area contributed by atoms with Crippen LogP contribution in [0.25, 0.3) is 0 Å². The van der Waals surface area contributed by atoms with Gasteiger partial charge in [-0.25, -0.2) is 0 Å². The van der Waals surface area contributed by atoms with Gasteiger partial charge in [-0.05, 0) is 17.5 Å². The summed E-state index contributed by atoms with van der Waals surface area (Å²) in [6.07, 6.45) is 4.03. The zero-order valence-corrected chi connectivity index (χ0v) is 8.25. The Morgan fingerprint density at radius 3 is 2.50 bits per heavy atom. The Morgan fingerprint density at radius 2 is 2.00 bits per heavy atom. The number of allylic oxidation sites excluding steroid dienone is 3. The predicted molar refractivity (Wildman–Crippen MR) is 58.3 cm³/mol. The molecule has 1 unspecified atom stereocenters. The van der Waals surface area contributed by atoms with Gasteiger partial charge in [-0.15, -0.1) is 0 Å². The Labute approximate surface area is 75.8 Å². The van der Waals surface area contributed by atoms with Gasteiger partial charge < -0.3 is 0 Å². The highest BCUT2D eigenvalue weighted by atomic mass is 31.1. The highest BCUT2D eigenvalue weighted by Gasteiger charge is 1.92. The fraction of sp³-hybridized carbons (Fsp3) is 0.0909. The summed E-state index contributed by atoms with van der Waals surface area (Å²) >= 11 is 0. The number of rotatable bonds is 3. The maximum Gasteiger partial charge on any atom is -0.0226 e. The molecule has 0 amide bonds. The SMILES string of the molecule is C=C/C(=C\C)Pc1ccccc1. The molecule has 1 aromatic rings. The maximum atomic E-state index is 3.77. The Hall–Kier alpha value is -0.870. The van der Waals surface area contributed by atoms with Crippen LogP contribution < -0.4 is 5.30 Å². The van der Waals surface area contributed by atoms with Crippen LogP contribution in [0, 0.1) is 0 Å². The minimum absolute atomic E-state index is 0.739. The average Bonchev–Trinajstić information content (AvgIpc) is 2.16. The summed E-state index contributed by atoms with van der Waals surface area (Å²) in [6, 6.07) is 10.5. The zero-order chi connectivity index (χ0) is 8.81. The normalized spacial score (nSPS) is 12.2. The summed E-state index contributed by atoms with van der Waals surface area (Å²) in [5.74, 6) is 0. The lowest BCUT2D eigenvalue weighted by Gasteiger charge is -2.00. The Bertz CT molecular complexity index is 272. The molecule has 0 aromatic heterocycles. The molecule has 62 valence electrons. The van der Waals surface area contributed by atoms with Crippen LogP contribution in [-0.2, 0) is 0 Å². The lowest BCUT2D eigenvalue weighted by molar-refractivity contribution is 1.71. The lowest BCUT2D eigenvalue weighted by atomic mass is 10.4. The molecule has 0 spiro atoms. The minimum Gasteiger partial charge on any atom is -0.0984 e. The van der Waals surface area contributed by atoms with E-state index in [0.717, 1.165) is 8.58 Å². The van der Waals surface area contributed by atoms with E-state index in [-0.39, 0.29) is 0 Å². The van der Waals surface area contributed by atoms with Gasteiger partial charge >= 0.3 is 0 Å². The Morgan fingerprint density at radius 1 is 1.33 bits per heavy atom. The summed E-state index contributed by atoms with van der Waals surface area (Å²) < 4.78 is 0. The Kier molecular flexibility index (Phi) is 3.76. The zero-order valence-electron chi connectivity index (χ0n) is 7.25. The summed E-state index contributed by atoms with van der Waals surface area (Å²) in [4.78, 5) is 0. The fourth-order valence-electron chi connectivity index (χ4n) is 0.929. The van der Waals surface area contributed by atoms with Crippen LogP contribution in [0.3, 0.4) is 0 Å². The molecular formula is C11H13P. The van der Waals surface area contributed by atoms with Crippen LogP contribution in [-0.4, -0.2) is 0 Å². The molecule has 0 aliphatic rings. The first-order chi connectivity index (χ1) is 5.86. The fourth-order valence-corrected chi connectivity index (χ4v) is 1.87. The van der Waals surface area contributed by atoms with E-state index < -0.39 is 0 Å². The van der Waals surface area contributed by atoms with Crippen molar-refractivity contribution in [3.05, 3.63) is 54.4 Å². The second-order valence-corrected chi connectivity index (χ2v) is 3.84. The molecule has 12 heavy (non-hydrogen) atoms. The number of hydrogen-bond donors (Lipinski definition) is 0. The van der Waals surface area contributed by atoms with E-state index in [1.54, 1.807) is 0 Å². The van der Waals surface area contributed by atoms with Crippen molar-refractivity contribution in [2.24, 2.45) is 0 Å². The molecule has 0 aliphatic carbocycles. The van der Waals surface area contributed by atoms with E-state index in [0.29, 0.717) is 0 Å². The monoisotopic (exact) mass is 176 g/mol. The maximum absolute atomic E-state index is 3.77. The van der Waals surface area contributed by atoms with Crippen molar-refractivity contribution in [3.63, 3.8) is 0 Å². The van der Waals surface area contributed by atoms with Crippen LogP contribution in [0.15, 0.2) is 54.4 Å². The van der Waals surface area contributed by atoms with E-state index in [9.17, 15) is 0 Å². The summed E-state index contributed by atoms with van der Waals surface area (Å²) in [5, 5.41) is 2.67. The molecule has 0 N–H and O–H groups in total. The lowest BCUT2D eigenvalue weighted by Crippen LogP contribution is -1.90. The van der Waals surface area contributed by atoms with Crippen molar-refractivity contribution in [3.8, 4) is 0 Å². The third-order valence-corrected chi connectivity index (χ3v) is 3.00. The van der Waals surface area contributed by atoms with E-state index in [1.165, 1.54) is 10.6 Å². The highest BCUT2D eigenvalue weighted by Crippen LogP contribution is 2.22. The Balaban J connectivity index is 2.70. The molecule has 0 bridgehead atoms. The van der Waals surface area contributed by atoms with Crippen LogP contribution in [0.5, 0.6) is 0 Å². The van der Waals surface area contributed by atoms with E-state index >= 15 is 0 Å². The first-order valence-electron chi connectivity index (χ1n) is 3.97. The molecule has 1 heteroatoms. The quantitative estimate of drug-likeness (QED) is 0.490. The van der Waals surface area contributed by atoms with Crippen molar-refractivity contribution in [1.82, 2.24) is 0 Å². The van der Waals surface area contributed by atoms with Gasteiger partial charge in [-0.2, -0.15) is 0 Å². The molecule has 0 nitrogen and oxygen atoms in total. The standard InChI is InChI=1S/C11H13P/c1-3-10(4-2)12-11-8-6-5-7-9-11/h3-9,12H,1H2,2H3/b10-4+. The third-order valence-electron chi connectivity index (χ3n) is 1.59. The van der Waals surface area contributed by atoms with Gasteiger partial charge in [0.2, 0.25) is 0 Å². The minimum atomic E-state index is 0.739. The highest BCUT2D eigenvalue weighted by molar-refractivity contribution is 7.52. The molecular weight excluding hydrogens is 163 g/mol. The second kappa shape index (κ2) is 4.90. The van der Waals surface area contributed by atoms with E-state index in [4.69, 9.17) is 0 Å². The van der Waals surface area contributed by atoms with Gasteiger partial charge in [0, 0.05) is 0 Å². The first kappa shape index (κ1) is 9.22. The molecule has 1 atom stereocenters. The molecule has 0 saturated carbocycles. The largest absolute Gasteiger partial charge is 0.0984 e. The topological polar surface area (TPSA) is 0 Å². The molecule has 0 heterocycles. The van der Waals surface area contributed by atoms with Crippen molar-refractivity contribution in [2.75, 3.05) is 0 Å². The smallest absolute Gasteiger partial charge is 0.0226 e. The van der Waals surface area contributed by atoms with E-state index in [2.05, 4.69) is 36.9 Å². The van der Waals surface area contributed by atoms with Crippen molar-refractivity contribution < 1.29 is 0 Å². The molecule has 0 radical (unpaired) electrons. The van der Waals surface area contributed by atoms with Crippen LogP contribution in [0.2, 0.25) is 0 Å². The summed E-state index contributed by atoms with van der Waals surface area (Å²) in [5.41, 5.74) is 0. The van der Waals surface area contributed by atoms with Gasteiger partial charge in [0.25, 0.3) is 0 Å². The number of hydrogen-bond acceptors (Lipinski definition) is 0. The van der Waals surface area contributed by atoms with Gasteiger partial charge in [0.1, 0.15) is 0 Å². The van der Waals surface area contributed by atoms with Gasteiger partial charge in [-0.3, -0.25) is 0 Å². The van der Waals surface area contributed by atoms with Gasteiger partial charge in [0.15, 0.2) is 0 Å². The van der Waals surface area contributed by atoms with Crippen LogP contribution >= 0.6 is 8.58 Å². The van der Waals surface area contributed by atoms with Gasteiger partial charge in [-0.1, -0.05) is 57.6 Å². The summed E-state index contributed by atoms with van der Waals surface area (Å²) in [7, 11) is 0.739. The molecule has 0 fully saturated rings. The van der Waals surface area contributed by atoms with E-state index in [1.807, 2.05) is 19.1 Å². The summed E-state index contributed by atoms with van der Waals surface area (Å²) in [6.45, 7) is 5.82. The van der Waals surface area contributed by atoms with Crippen molar-refractivity contribution in [2.45, 2.75) is 6.92 Å². The molecule has 1 aromatic carbocycles. The van der Waals surface area contributed by atoms with Crippen LogP contribution in [0.4, 0.5) is 0 Å². The van der Waals surface area contributed by atoms with Gasteiger partial charge in [0.05, 0.1) is 0 Å². The molecule has 0 aliphatic heterocycles. The second-order valence-electron chi connectivity index (χ2n) is 2.44. The third kappa shape index (κ3) is 2.64. The van der Waals surface area contributed by atoms with Crippen molar-refractivity contribution >= 4 is 13.9 Å². The predicted octanol–water partition coefficient (Wildman–Crippen LogP) is 3.08. The molecule has 0 saturated heterocycles. The average molecular weight is 176 g/mol. The first-order valence-corrected chi connectivity index (χ1v) is 4.97. The number of benzene rings is 1. The van der Waals surface area contributed by atoms with Crippen molar-refractivity contribution in [1.29, 1.82) is 0 Å². The van der Waals surface area contributed by atoms with Crippen LogP contribution in [0.1, 0.15) is 6.92 Å². The molecule has 1 rings (SSSR count).